The second-order valence-electron chi connectivity index (χ2n) is 3.86. The Kier molecular flexibility index (Phi) is 1.69. The molecule has 1 aliphatic rings. The molecule has 0 amide bonds. The maximum absolute atomic E-state index is 2.59. The van der Waals surface area contributed by atoms with Gasteiger partial charge in [0.15, 0.2) is 0 Å². The van der Waals surface area contributed by atoms with Gasteiger partial charge in [-0.2, -0.15) is 0 Å². The molecule has 0 N–H and O–H groups in total. The third-order valence-corrected chi connectivity index (χ3v) is 24.8. The Morgan fingerprint density at radius 2 is 1.50 bits per heavy atom. The summed E-state index contributed by atoms with van der Waals surface area (Å²) in [5.41, 5.74) is 0. The summed E-state index contributed by atoms with van der Waals surface area (Å²) in [4.78, 5) is 0. The monoisotopic (exact) mass is 310 g/mol. The molecule has 1 heterocycles. The van der Waals surface area contributed by atoms with Crippen LogP contribution in [-0.4, -0.2) is 20.3 Å². The predicted molar refractivity (Wildman–Crippen MR) is 42.3 cm³/mol. The Morgan fingerprint density at radius 3 is 1.50 bits per heavy atom. The molecule has 0 aromatic heterocycles. The summed E-state index contributed by atoms with van der Waals surface area (Å²) in [7, 11) is 0. The van der Waals surface area contributed by atoms with Crippen molar-refractivity contribution in [1.29, 1.82) is 0 Å². The third-order valence-electron chi connectivity index (χ3n) is 3.25. The van der Waals surface area contributed by atoms with Gasteiger partial charge in [-0.3, -0.25) is 0 Å². The van der Waals surface area contributed by atoms with Crippen molar-refractivity contribution in [2.75, 3.05) is 0 Å². The molecule has 0 aromatic carbocycles. The topological polar surface area (TPSA) is 0 Å². The van der Waals surface area contributed by atoms with Crippen LogP contribution in [0.5, 0.6) is 0 Å². The SMILES string of the molecule is C[CH]1C[CH](C)[BiH]1([CH3])[CH3]. The minimum absolute atomic E-state index is 1.18. The van der Waals surface area contributed by atoms with Crippen molar-refractivity contribution in [3.63, 3.8) is 0 Å². The zero-order valence-electron chi connectivity index (χ0n) is 6.36. The molecule has 8 heavy (non-hydrogen) atoms. The molecule has 1 aliphatic heterocycles. The van der Waals surface area contributed by atoms with E-state index in [1.54, 1.807) is 0 Å². The zero-order valence-corrected chi connectivity index (χ0v) is 10.2. The quantitative estimate of drug-likeness (QED) is 0.603. The van der Waals surface area contributed by atoms with Crippen molar-refractivity contribution >= 4 is 20.3 Å². The van der Waals surface area contributed by atoms with Crippen LogP contribution in [0, 0.1) is 0 Å². The van der Waals surface area contributed by atoms with Crippen LogP contribution in [0.2, 0.25) is 16.5 Å². The van der Waals surface area contributed by atoms with E-state index in [0.717, 1.165) is 0 Å². The number of hydrogen-bond donors (Lipinski definition) is 0. The summed E-state index contributed by atoms with van der Waals surface area (Å²) in [5, 5.41) is 0. The van der Waals surface area contributed by atoms with E-state index in [4.69, 9.17) is 0 Å². The molecular formula is C7H17Bi. The van der Waals surface area contributed by atoms with E-state index in [0.29, 0.717) is 0 Å². The van der Waals surface area contributed by atoms with Crippen LogP contribution in [-0.2, 0) is 0 Å². The summed E-state index contributed by atoms with van der Waals surface area (Å²) in [6, 6.07) is 0. The first kappa shape index (κ1) is 7.00. The molecule has 0 radical (unpaired) electrons. The molecule has 1 heteroatoms. The van der Waals surface area contributed by atoms with Gasteiger partial charge in [0, 0.05) is 0 Å². The molecule has 1 rings (SSSR count). The maximum atomic E-state index is 2.59. The van der Waals surface area contributed by atoms with Crippen molar-refractivity contribution < 1.29 is 0 Å². The fourth-order valence-electron chi connectivity index (χ4n) is 1.46. The average Bonchev–Trinajstić information content (AvgIpc) is 1.68. The molecule has 0 nitrogen and oxygen atoms in total. The number of rotatable bonds is 0. The van der Waals surface area contributed by atoms with Gasteiger partial charge in [0.1, 0.15) is 0 Å². The zero-order chi connectivity index (χ0) is 6.36. The van der Waals surface area contributed by atoms with Crippen molar-refractivity contribution in [2.45, 2.75) is 36.8 Å². The standard InChI is InChI=1S/C5H10.2CH3.Bi.H/c1-3-5-4-2;;;;/h3-4H,5H2,1-2H3;2*1H3;;. The summed E-state index contributed by atoms with van der Waals surface area (Å²) in [6.07, 6.45) is 1.54. The summed E-state index contributed by atoms with van der Waals surface area (Å²) < 4.78 is 7.53. The van der Waals surface area contributed by atoms with E-state index < -0.39 is 20.3 Å². The van der Waals surface area contributed by atoms with Crippen LogP contribution < -0.4 is 0 Å². The average molecular weight is 310 g/mol. The molecule has 1 fully saturated rings. The van der Waals surface area contributed by atoms with Gasteiger partial charge in [0.05, 0.1) is 0 Å². The Labute approximate surface area is 57.1 Å². The van der Waals surface area contributed by atoms with Crippen LogP contribution in [0.3, 0.4) is 0 Å². The molecule has 2 unspecified atom stereocenters. The fourth-order valence-corrected chi connectivity index (χ4v) is 11.0. The van der Waals surface area contributed by atoms with Gasteiger partial charge in [-0.1, -0.05) is 0 Å². The van der Waals surface area contributed by atoms with E-state index in [1.807, 2.05) is 0 Å². The molecule has 1 saturated heterocycles. The summed E-state index contributed by atoms with van der Waals surface area (Å²) in [6.45, 7) is 4.89. The van der Waals surface area contributed by atoms with E-state index >= 15 is 0 Å². The second-order valence-corrected chi connectivity index (χ2v) is 25.7. The molecule has 2 atom stereocenters. The van der Waals surface area contributed by atoms with Crippen LogP contribution in [0.1, 0.15) is 20.3 Å². The predicted octanol–water partition coefficient (Wildman–Crippen LogP) is 2.61. The molecule has 0 spiro atoms. The van der Waals surface area contributed by atoms with E-state index in [2.05, 4.69) is 23.1 Å². The van der Waals surface area contributed by atoms with Crippen LogP contribution >= 0.6 is 0 Å². The van der Waals surface area contributed by atoms with Gasteiger partial charge in [-0.25, -0.2) is 0 Å². The minimum atomic E-state index is -1.44. The molecule has 50 valence electrons. The van der Waals surface area contributed by atoms with Crippen molar-refractivity contribution in [1.82, 2.24) is 0 Å². The summed E-state index contributed by atoms with van der Waals surface area (Å²) >= 11 is -1.44. The summed E-state index contributed by atoms with van der Waals surface area (Å²) in [5.74, 6) is 0. The van der Waals surface area contributed by atoms with Gasteiger partial charge in [-0.05, 0) is 0 Å². The van der Waals surface area contributed by atoms with E-state index in [-0.39, 0.29) is 0 Å². The molecule has 0 bridgehead atoms. The Morgan fingerprint density at radius 1 is 1.12 bits per heavy atom. The second kappa shape index (κ2) is 1.94. The first-order chi connectivity index (χ1) is 3.55. The fraction of sp³-hybridized carbons (Fsp3) is 1.00. The van der Waals surface area contributed by atoms with Crippen LogP contribution in [0.25, 0.3) is 0 Å². The first-order valence-electron chi connectivity index (χ1n) is 3.55. The Balaban J connectivity index is 2.52. The molecular weight excluding hydrogens is 293 g/mol. The number of hydrogen-bond acceptors (Lipinski definition) is 0. The van der Waals surface area contributed by atoms with Gasteiger partial charge in [-0.15, -0.1) is 0 Å². The normalized spacial score (nSPS) is 47.5. The molecule has 0 aromatic rings. The van der Waals surface area contributed by atoms with Gasteiger partial charge in [0.2, 0.25) is 0 Å². The van der Waals surface area contributed by atoms with Gasteiger partial charge in [0.25, 0.3) is 0 Å². The Hall–Kier alpha value is 0.883. The van der Waals surface area contributed by atoms with Crippen molar-refractivity contribution in [3.8, 4) is 0 Å². The van der Waals surface area contributed by atoms with Gasteiger partial charge < -0.3 is 0 Å². The van der Waals surface area contributed by atoms with Gasteiger partial charge >= 0.3 is 57.0 Å². The third kappa shape index (κ3) is 0.836. The van der Waals surface area contributed by atoms with E-state index in [1.165, 1.54) is 13.7 Å². The van der Waals surface area contributed by atoms with Crippen LogP contribution in [0.15, 0.2) is 0 Å². The Bertz CT molecular complexity index is 86.6. The molecule has 0 aliphatic carbocycles. The van der Waals surface area contributed by atoms with Crippen molar-refractivity contribution in [2.24, 2.45) is 0 Å². The first-order valence-corrected chi connectivity index (χ1v) is 15.8. The molecule has 0 saturated carbocycles. The van der Waals surface area contributed by atoms with Crippen LogP contribution in [0.4, 0.5) is 0 Å². The van der Waals surface area contributed by atoms with E-state index in [9.17, 15) is 0 Å². The van der Waals surface area contributed by atoms with Crippen molar-refractivity contribution in [3.05, 3.63) is 0 Å².